The van der Waals surface area contributed by atoms with Crippen molar-refractivity contribution in [3.63, 3.8) is 0 Å². The summed E-state index contributed by atoms with van der Waals surface area (Å²) in [6, 6.07) is -0.215. The van der Waals surface area contributed by atoms with Crippen LogP contribution in [0.5, 0.6) is 0 Å². The minimum atomic E-state index is -0.793. The maximum atomic E-state index is 11.0. The van der Waals surface area contributed by atoms with Gasteiger partial charge < -0.3 is 15.6 Å². The van der Waals surface area contributed by atoms with E-state index >= 15 is 0 Å². The summed E-state index contributed by atoms with van der Waals surface area (Å²) in [4.78, 5) is 11.0. The molecule has 1 saturated heterocycles. The van der Waals surface area contributed by atoms with Crippen molar-refractivity contribution in [2.45, 2.75) is 25.3 Å². The fourth-order valence-corrected chi connectivity index (χ4v) is 2.03. The van der Waals surface area contributed by atoms with Gasteiger partial charge in [-0.25, -0.2) is 0 Å². The first-order valence-corrected chi connectivity index (χ1v) is 4.73. The van der Waals surface area contributed by atoms with Gasteiger partial charge in [0.25, 0.3) is 0 Å². The minimum Gasteiger partial charge on any atom is -0.481 e. The maximum Gasteiger partial charge on any atom is 0.315 e. The van der Waals surface area contributed by atoms with Crippen LogP contribution in [-0.2, 0) is 9.53 Å². The lowest BCUT2D eigenvalue weighted by molar-refractivity contribution is -0.188. The second-order valence-electron chi connectivity index (χ2n) is 4.17. The molecule has 1 heterocycles. The van der Waals surface area contributed by atoms with Crippen molar-refractivity contribution in [3.8, 4) is 0 Å². The van der Waals surface area contributed by atoms with E-state index in [2.05, 4.69) is 0 Å². The molecule has 1 atom stereocenters. The molecular weight excluding hydrogens is 170 g/mol. The molecule has 0 amide bonds. The Bertz CT molecular complexity index is 221. The third-order valence-electron chi connectivity index (χ3n) is 3.44. The summed E-state index contributed by atoms with van der Waals surface area (Å²) < 4.78 is 4.98. The van der Waals surface area contributed by atoms with Crippen LogP contribution in [0.15, 0.2) is 0 Å². The third-order valence-corrected chi connectivity index (χ3v) is 3.44. The number of nitrogens with two attached hydrogens (primary N) is 1. The van der Waals surface area contributed by atoms with Crippen molar-refractivity contribution in [1.29, 1.82) is 0 Å². The fourth-order valence-electron chi connectivity index (χ4n) is 2.03. The second-order valence-corrected chi connectivity index (χ2v) is 4.17. The van der Waals surface area contributed by atoms with Crippen molar-refractivity contribution in [2.75, 3.05) is 13.2 Å². The van der Waals surface area contributed by atoms with Crippen molar-refractivity contribution >= 4 is 5.97 Å². The number of ether oxygens (including phenoxy) is 1. The predicted octanol–water partition coefficient (Wildman–Crippen LogP) is 0.215. The summed E-state index contributed by atoms with van der Waals surface area (Å²) in [5.74, 6) is -0.391. The Labute approximate surface area is 77.1 Å². The molecule has 1 unspecified atom stereocenters. The fraction of sp³-hybridized carbons (Fsp3) is 0.889. The zero-order chi connectivity index (χ0) is 9.47. The van der Waals surface area contributed by atoms with E-state index in [-0.39, 0.29) is 6.04 Å². The Balaban J connectivity index is 2.06. The Morgan fingerprint density at radius 2 is 2.15 bits per heavy atom. The Hall–Kier alpha value is -0.610. The molecule has 1 aliphatic carbocycles. The zero-order valence-electron chi connectivity index (χ0n) is 7.53. The first kappa shape index (κ1) is 8.97. The molecular formula is C9H15NO3. The Morgan fingerprint density at radius 3 is 2.38 bits per heavy atom. The smallest absolute Gasteiger partial charge is 0.315 e. The van der Waals surface area contributed by atoms with Crippen LogP contribution < -0.4 is 5.73 Å². The van der Waals surface area contributed by atoms with E-state index in [0.29, 0.717) is 19.1 Å². The molecule has 0 spiro atoms. The number of carboxylic acid groups (broad SMARTS) is 1. The molecule has 0 aromatic carbocycles. The van der Waals surface area contributed by atoms with E-state index in [1.165, 1.54) is 6.42 Å². The van der Waals surface area contributed by atoms with E-state index in [1.807, 2.05) is 0 Å². The molecule has 4 nitrogen and oxygen atoms in total. The van der Waals surface area contributed by atoms with Crippen LogP contribution in [0.4, 0.5) is 0 Å². The lowest BCUT2D eigenvalue weighted by Crippen LogP contribution is -2.63. The lowest BCUT2D eigenvalue weighted by atomic mass is 9.67. The van der Waals surface area contributed by atoms with Crippen LogP contribution in [0.2, 0.25) is 0 Å². The first-order chi connectivity index (χ1) is 6.17. The zero-order valence-corrected chi connectivity index (χ0v) is 7.53. The molecule has 2 fully saturated rings. The molecule has 1 saturated carbocycles. The quantitative estimate of drug-likeness (QED) is 0.659. The monoisotopic (exact) mass is 185 g/mol. The van der Waals surface area contributed by atoms with Gasteiger partial charge >= 0.3 is 5.97 Å². The molecule has 1 aliphatic heterocycles. The second kappa shape index (κ2) is 2.96. The summed E-state index contributed by atoms with van der Waals surface area (Å²) in [5.41, 5.74) is 5.19. The van der Waals surface area contributed by atoms with Gasteiger partial charge in [0.05, 0.1) is 13.2 Å². The van der Waals surface area contributed by atoms with Crippen LogP contribution >= 0.6 is 0 Å². The highest BCUT2D eigenvalue weighted by molar-refractivity contribution is 5.77. The molecule has 3 N–H and O–H groups in total. The van der Waals surface area contributed by atoms with Gasteiger partial charge in [0.15, 0.2) is 0 Å². The molecule has 2 rings (SSSR count). The first-order valence-electron chi connectivity index (χ1n) is 4.73. The van der Waals surface area contributed by atoms with E-state index in [1.54, 1.807) is 0 Å². The van der Waals surface area contributed by atoms with E-state index in [4.69, 9.17) is 15.6 Å². The van der Waals surface area contributed by atoms with Crippen molar-refractivity contribution in [3.05, 3.63) is 0 Å². The highest BCUT2D eigenvalue weighted by Crippen LogP contribution is 2.41. The maximum absolute atomic E-state index is 11.0. The van der Waals surface area contributed by atoms with Crippen molar-refractivity contribution in [2.24, 2.45) is 17.1 Å². The standard InChI is InChI=1S/C9H15NO3/c10-7(6-2-1-3-6)9(8(11)12)4-13-5-9/h6-7H,1-5,10H2,(H,11,12). The predicted molar refractivity (Wildman–Crippen MR) is 46.2 cm³/mol. The topological polar surface area (TPSA) is 72.6 Å². The van der Waals surface area contributed by atoms with Crippen LogP contribution in [-0.4, -0.2) is 30.3 Å². The Kier molecular flexibility index (Phi) is 2.04. The van der Waals surface area contributed by atoms with Crippen LogP contribution in [0, 0.1) is 11.3 Å². The lowest BCUT2D eigenvalue weighted by Gasteiger charge is -2.47. The number of carbonyl (C=O) groups is 1. The van der Waals surface area contributed by atoms with E-state index < -0.39 is 11.4 Å². The third kappa shape index (κ3) is 1.16. The van der Waals surface area contributed by atoms with Gasteiger partial charge in [0.2, 0.25) is 0 Å². The van der Waals surface area contributed by atoms with E-state index in [9.17, 15) is 4.79 Å². The molecule has 13 heavy (non-hydrogen) atoms. The molecule has 2 aliphatic rings. The molecule has 0 aromatic rings. The van der Waals surface area contributed by atoms with Crippen molar-refractivity contribution < 1.29 is 14.6 Å². The highest BCUT2D eigenvalue weighted by atomic mass is 16.5. The van der Waals surface area contributed by atoms with Gasteiger partial charge in [0, 0.05) is 6.04 Å². The number of hydrogen-bond acceptors (Lipinski definition) is 3. The van der Waals surface area contributed by atoms with Gasteiger partial charge in [-0.1, -0.05) is 6.42 Å². The molecule has 0 aromatic heterocycles. The largest absolute Gasteiger partial charge is 0.481 e. The highest BCUT2D eigenvalue weighted by Gasteiger charge is 2.54. The van der Waals surface area contributed by atoms with E-state index in [0.717, 1.165) is 12.8 Å². The van der Waals surface area contributed by atoms with Crippen LogP contribution in [0.3, 0.4) is 0 Å². The minimum absolute atomic E-state index is 0.215. The molecule has 0 bridgehead atoms. The Morgan fingerprint density at radius 1 is 1.54 bits per heavy atom. The average Bonchev–Trinajstić information content (AvgIpc) is 1.77. The van der Waals surface area contributed by atoms with Gasteiger partial charge in [0.1, 0.15) is 5.41 Å². The molecule has 0 radical (unpaired) electrons. The summed E-state index contributed by atoms with van der Waals surface area (Å²) >= 11 is 0. The summed E-state index contributed by atoms with van der Waals surface area (Å²) in [6.07, 6.45) is 3.35. The normalized spacial score (nSPS) is 28.7. The van der Waals surface area contributed by atoms with Crippen LogP contribution in [0.25, 0.3) is 0 Å². The van der Waals surface area contributed by atoms with Crippen molar-refractivity contribution in [1.82, 2.24) is 0 Å². The van der Waals surface area contributed by atoms with Crippen LogP contribution in [0.1, 0.15) is 19.3 Å². The average molecular weight is 185 g/mol. The summed E-state index contributed by atoms with van der Waals surface area (Å²) in [7, 11) is 0. The molecule has 4 heteroatoms. The summed E-state index contributed by atoms with van der Waals surface area (Å²) in [5, 5.41) is 9.06. The number of hydrogen-bond donors (Lipinski definition) is 2. The number of aliphatic carboxylic acids is 1. The number of rotatable bonds is 3. The number of carboxylic acids is 1. The molecule has 74 valence electrons. The van der Waals surface area contributed by atoms with Gasteiger partial charge in [-0.05, 0) is 18.8 Å². The van der Waals surface area contributed by atoms with Gasteiger partial charge in [-0.3, -0.25) is 4.79 Å². The summed E-state index contributed by atoms with van der Waals surface area (Å²) in [6.45, 7) is 0.583. The van der Waals surface area contributed by atoms with Gasteiger partial charge in [-0.2, -0.15) is 0 Å². The van der Waals surface area contributed by atoms with Gasteiger partial charge in [-0.15, -0.1) is 0 Å². The SMILES string of the molecule is NC(C1CCC1)C1(C(=O)O)COC1.